The largest absolute Gasteiger partial charge is 0.367 e. The molecule has 0 aliphatic carbocycles. The Kier molecular flexibility index (Phi) is 6.83. The summed E-state index contributed by atoms with van der Waals surface area (Å²) in [6.45, 7) is 0.595. The molecule has 238 valence electrons. The Hall–Kier alpha value is -5.75. The average molecular weight is 678 g/mol. The lowest BCUT2D eigenvalue weighted by molar-refractivity contribution is 0.844. The van der Waals surface area contributed by atoms with Crippen molar-refractivity contribution in [1.82, 2.24) is 4.57 Å². The highest BCUT2D eigenvalue weighted by atomic mass is 32.1. The van der Waals surface area contributed by atoms with Gasteiger partial charge in [-0.05, 0) is 35.4 Å². The lowest BCUT2D eigenvalue weighted by Gasteiger charge is -2.16. The van der Waals surface area contributed by atoms with Crippen LogP contribution in [0.5, 0.6) is 0 Å². The van der Waals surface area contributed by atoms with E-state index in [9.17, 15) is 0 Å². The molecule has 3 nitrogen and oxygen atoms in total. The van der Waals surface area contributed by atoms with Crippen LogP contribution in [0.2, 0.25) is 0 Å². The summed E-state index contributed by atoms with van der Waals surface area (Å²) < 4.78 is 7.89. The van der Waals surface area contributed by atoms with Crippen LogP contribution >= 0.6 is 22.7 Å². The summed E-state index contributed by atoms with van der Waals surface area (Å²) in [5, 5.41) is 11.9. The predicted molar refractivity (Wildman–Crippen MR) is 219 cm³/mol. The fourth-order valence-electron chi connectivity index (χ4n) is 7.73. The van der Waals surface area contributed by atoms with Crippen LogP contribution < -0.4 is 5.32 Å². The topological polar surface area (TPSA) is 29.3 Å². The fraction of sp³-hybridized carbons (Fsp3) is 0.0444. The molecule has 10 rings (SSSR count). The first kappa shape index (κ1) is 29.2. The van der Waals surface area contributed by atoms with E-state index in [-0.39, 0.29) is 0 Å². The fourth-order valence-corrected chi connectivity index (χ4v) is 10.3. The van der Waals surface area contributed by atoms with Crippen LogP contribution in [0.1, 0.15) is 11.1 Å². The molecule has 3 heterocycles. The first-order valence-electron chi connectivity index (χ1n) is 16.9. The Morgan fingerprint density at radius 1 is 0.580 bits per heavy atom. The van der Waals surface area contributed by atoms with Gasteiger partial charge < -0.3 is 9.88 Å². The van der Waals surface area contributed by atoms with Crippen LogP contribution in [-0.4, -0.2) is 17.3 Å². The molecule has 50 heavy (non-hydrogen) atoms. The van der Waals surface area contributed by atoms with Crippen LogP contribution in [0.15, 0.2) is 157 Å². The molecule has 0 saturated carbocycles. The summed E-state index contributed by atoms with van der Waals surface area (Å²) in [7, 11) is 1.88. The van der Waals surface area contributed by atoms with Crippen LogP contribution in [0.25, 0.3) is 73.3 Å². The second-order valence-electron chi connectivity index (χ2n) is 12.7. The molecule has 7 aromatic carbocycles. The van der Waals surface area contributed by atoms with Crippen molar-refractivity contribution < 1.29 is 0 Å². The number of nitrogens with zero attached hydrogens (tertiary/aromatic N) is 2. The van der Waals surface area contributed by atoms with E-state index >= 15 is 0 Å². The molecule has 3 aromatic heterocycles. The number of aromatic nitrogens is 1. The van der Waals surface area contributed by atoms with Crippen molar-refractivity contribution in [2.45, 2.75) is 6.67 Å². The molecule has 0 aliphatic heterocycles. The van der Waals surface area contributed by atoms with Crippen LogP contribution in [-0.2, 0) is 6.67 Å². The van der Waals surface area contributed by atoms with E-state index in [0.717, 1.165) is 22.5 Å². The molecule has 0 aliphatic rings. The number of rotatable bonds is 6. The van der Waals surface area contributed by atoms with Crippen molar-refractivity contribution in [3.63, 3.8) is 0 Å². The van der Waals surface area contributed by atoms with E-state index in [1.54, 1.807) is 0 Å². The van der Waals surface area contributed by atoms with Gasteiger partial charge in [0.1, 0.15) is 0 Å². The highest BCUT2D eigenvalue weighted by Gasteiger charge is 2.24. The van der Waals surface area contributed by atoms with E-state index in [0.29, 0.717) is 6.67 Å². The minimum Gasteiger partial charge on any atom is -0.367 e. The molecule has 0 bridgehead atoms. The molecule has 0 fully saturated rings. The van der Waals surface area contributed by atoms with Gasteiger partial charge in [-0.2, -0.15) is 0 Å². The molecule has 0 atom stereocenters. The van der Waals surface area contributed by atoms with Crippen LogP contribution in [0.3, 0.4) is 0 Å². The van der Waals surface area contributed by atoms with Crippen LogP contribution in [0.4, 0.5) is 5.69 Å². The number of anilines is 1. The summed E-state index contributed by atoms with van der Waals surface area (Å²) in [5.74, 6) is 0. The minimum atomic E-state index is 0.595. The van der Waals surface area contributed by atoms with Gasteiger partial charge in [-0.15, -0.1) is 22.7 Å². The highest BCUT2D eigenvalue weighted by Crippen LogP contribution is 2.51. The van der Waals surface area contributed by atoms with Gasteiger partial charge in [-0.25, -0.2) is 0 Å². The first-order chi connectivity index (χ1) is 24.8. The van der Waals surface area contributed by atoms with Crippen LogP contribution in [0, 0.1) is 0 Å². The van der Waals surface area contributed by atoms with Gasteiger partial charge in [0, 0.05) is 70.3 Å². The summed E-state index contributed by atoms with van der Waals surface area (Å²) >= 11 is 3.84. The molecule has 0 unspecified atom stereocenters. The zero-order valence-electron chi connectivity index (χ0n) is 27.4. The molecule has 0 radical (unpaired) electrons. The zero-order valence-corrected chi connectivity index (χ0v) is 29.0. The Morgan fingerprint density at radius 3 is 1.98 bits per heavy atom. The monoisotopic (exact) mass is 677 g/mol. The normalized spacial score (nSPS) is 12.3. The van der Waals surface area contributed by atoms with Crippen molar-refractivity contribution in [2.24, 2.45) is 4.99 Å². The summed E-state index contributed by atoms with van der Waals surface area (Å²) in [5.41, 5.74) is 9.16. The third kappa shape index (κ3) is 4.44. The maximum Gasteiger partial charge on any atom is 0.0926 e. The Balaban J connectivity index is 1.28. The van der Waals surface area contributed by atoms with E-state index in [2.05, 4.69) is 162 Å². The molecular formula is C45H31N3S2. The van der Waals surface area contributed by atoms with Gasteiger partial charge in [0.25, 0.3) is 0 Å². The number of benzene rings is 7. The van der Waals surface area contributed by atoms with Gasteiger partial charge in [-0.1, -0.05) is 127 Å². The molecule has 0 amide bonds. The second-order valence-corrected chi connectivity index (χ2v) is 14.8. The molecule has 0 saturated heterocycles. The molecular weight excluding hydrogens is 647 g/mol. The number of aliphatic imine (C=N–C) groups is 1. The lowest BCUT2D eigenvalue weighted by Crippen LogP contribution is -2.12. The SMILES string of the molecule is CN=C(c1ccccc1)c1ccccc1NCn1c2cc(-c3ccccc3)ccc2c2c3c4ccccc4sc3c3c4ccccc4sc3c21. The summed E-state index contributed by atoms with van der Waals surface area (Å²) in [6.07, 6.45) is 0. The van der Waals surface area contributed by atoms with E-state index in [1.165, 1.54) is 73.3 Å². The van der Waals surface area contributed by atoms with Gasteiger partial charge in [-0.3, -0.25) is 4.99 Å². The number of fused-ring (bicyclic) bond motifs is 12. The molecule has 10 aromatic rings. The van der Waals surface area contributed by atoms with Crippen molar-refractivity contribution in [1.29, 1.82) is 0 Å². The van der Waals surface area contributed by atoms with Crippen molar-refractivity contribution in [3.8, 4) is 11.1 Å². The number of hydrogen-bond acceptors (Lipinski definition) is 4. The van der Waals surface area contributed by atoms with Gasteiger partial charge >= 0.3 is 0 Å². The number of para-hydroxylation sites is 1. The molecule has 1 N–H and O–H groups in total. The Bertz CT molecular complexity index is 2930. The van der Waals surface area contributed by atoms with E-state index in [1.807, 2.05) is 29.7 Å². The van der Waals surface area contributed by atoms with Crippen molar-refractivity contribution in [2.75, 3.05) is 12.4 Å². The number of thiophene rings is 2. The third-order valence-corrected chi connectivity index (χ3v) is 12.3. The van der Waals surface area contributed by atoms with E-state index < -0.39 is 0 Å². The van der Waals surface area contributed by atoms with Crippen molar-refractivity contribution >= 4 is 96.2 Å². The maximum absolute atomic E-state index is 4.77. The zero-order chi connectivity index (χ0) is 33.2. The predicted octanol–water partition coefficient (Wildman–Crippen LogP) is 12.7. The Labute approximate surface area is 297 Å². The molecule has 0 spiro atoms. The first-order valence-corrected chi connectivity index (χ1v) is 18.5. The van der Waals surface area contributed by atoms with Gasteiger partial charge in [0.15, 0.2) is 0 Å². The summed E-state index contributed by atoms with van der Waals surface area (Å²) in [6, 6.07) is 54.6. The number of hydrogen-bond donors (Lipinski definition) is 1. The summed E-state index contributed by atoms with van der Waals surface area (Å²) in [4.78, 5) is 4.77. The van der Waals surface area contributed by atoms with E-state index in [4.69, 9.17) is 4.99 Å². The van der Waals surface area contributed by atoms with Crippen molar-refractivity contribution in [3.05, 3.63) is 163 Å². The number of nitrogens with one attached hydrogen (secondary N) is 1. The minimum absolute atomic E-state index is 0.595. The third-order valence-electron chi connectivity index (χ3n) is 9.94. The second kappa shape index (κ2) is 11.7. The lowest BCUT2D eigenvalue weighted by atomic mass is 10.00. The molecule has 5 heteroatoms. The standard InChI is InChI=1S/C45H31N3S2/c1-46-42(29-16-6-3-7-17-29)31-18-8-11-21-35(31)47-27-48-36-26-30(28-14-4-2-5-15-28)24-25-32(36)39-40-33-19-9-12-22-37(33)49-44(40)41-34-20-10-13-23-38(34)50-45(41)43(39)48/h2-26,47H,27H2,1H3. The van der Waals surface area contributed by atoms with Gasteiger partial charge in [0.05, 0.1) is 28.1 Å². The quantitative estimate of drug-likeness (QED) is 0.174. The van der Waals surface area contributed by atoms with Gasteiger partial charge in [0.2, 0.25) is 0 Å². The maximum atomic E-state index is 4.77. The smallest absolute Gasteiger partial charge is 0.0926 e. The average Bonchev–Trinajstić information content (AvgIpc) is 3.85. The Morgan fingerprint density at radius 2 is 1.22 bits per heavy atom. The highest BCUT2D eigenvalue weighted by molar-refractivity contribution is 7.30.